The average molecular weight is 250 g/mol. The Kier molecular flexibility index (Phi) is 3.05. The highest BCUT2D eigenvalue weighted by molar-refractivity contribution is 7.99. The third-order valence-corrected chi connectivity index (χ3v) is 4.93. The molecule has 2 aliphatic heterocycles. The van der Waals surface area contributed by atoms with Crippen molar-refractivity contribution in [2.45, 2.75) is 32.0 Å². The smallest absolute Gasteiger partial charge is 0.123 e. The van der Waals surface area contributed by atoms with Crippen molar-refractivity contribution in [3.63, 3.8) is 0 Å². The summed E-state index contributed by atoms with van der Waals surface area (Å²) >= 11 is 1.85. The molecule has 0 spiro atoms. The van der Waals surface area contributed by atoms with Gasteiger partial charge < -0.3 is 9.84 Å². The maximum Gasteiger partial charge on any atom is 0.123 e. The fraction of sp³-hybridized carbons (Fsp3) is 0.571. The van der Waals surface area contributed by atoms with Crippen LogP contribution in [0.1, 0.15) is 17.5 Å². The Morgan fingerprint density at radius 2 is 2.29 bits per heavy atom. The first-order valence-corrected chi connectivity index (χ1v) is 7.40. The highest BCUT2D eigenvalue weighted by atomic mass is 32.2. The Hall–Kier alpha value is -0.670. The summed E-state index contributed by atoms with van der Waals surface area (Å²) in [5.74, 6) is 3.43. The van der Waals surface area contributed by atoms with Gasteiger partial charge in [0.15, 0.2) is 0 Å². The Balaban J connectivity index is 1.66. The van der Waals surface area contributed by atoms with Gasteiger partial charge in [0.25, 0.3) is 0 Å². The first-order chi connectivity index (χ1) is 8.22. The SMILES string of the molecule is Cc1ccc2c(c1)CC(CC1CSCC1O)O2. The first kappa shape index (κ1) is 11.4. The van der Waals surface area contributed by atoms with E-state index in [-0.39, 0.29) is 12.2 Å². The van der Waals surface area contributed by atoms with Gasteiger partial charge in [0, 0.05) is 12.2 Å². The minimum Gasteiger partial charge on any atom is -0.490 e. The summed E-state index contributed by atoms with van der Waals surface area (Å²) in [6, 6.07) is 6.39. The molecule has 0 aromatic heterocycles. The molecule has 0 aliphatic carbocycles. The maximum absolute atomic E-state index is 9.83. The van der Waals surface area contributed by atoms with Gasteiger partial charge in [-0.05, 0) is 36.6 Å². The Morgan fingerprint density at radius 3 is 3.06 bits per heavy atom. The number of aliphatic hydroxyl groups excluding tert-OH is 1. The van der Waals surface area contributed by atoms with E-state index in [1.165, 1.54) is 11.1 Å². The van der Waals surface area contributed by atoms with E-state index in [9.17, 15) is 5.11 Å². The summed E-state index contributed by atoms with van der Waals surface area (Å²) in [6.07, 6.45) is 2.13. The third-order valence-electron chi connectivity index (χ3n) is 3.69. The third kappa shape index (κ3) is 2.31. The second-order valence-corrected chi connectivity index (χ2v) is 6.23. The molecule has 1 saturated heterocycles. The van der Waals surface area contributed by atoms with Crippen molar-refractivity contribution in [2.24, 2.45) is 5.92 Å². The Morgan fingerprint density at radius 1 is 1.41 bits per heavy atom. The van der Waals surface area contributed by atoms with Gasteiger partial charge in [-0.1, -0.05) is 17.7 Å². The standard InChI is InChI=1S/C14H18O2S/c1-9-2-3-14-10(4-9)5-12(16-14)6-11-7-17-8-13(11)15/h2-4,11-13,15H,5-8H2,1H3. The van der Waals surface area contributed by atoms with Crippen LogP contribution in [0.4, 0.5) is 0 Å². The van der Waals surface area contributed by atoms with Gasteiger partial charge in [-0.2, -0.15) is 11.8 Å². The maximum atomic E-state index is 9.83. The lowest BCUT2D eigenvalue weighted by Crippen LogP contribution is -2.25. The predicted octanol–water partition coefficient (Wildman–Crippen LogP) is 2.41. The quantitative estimate of drug-likeness (QED) is 0.874. The molecule has 1 aromatic rings. The fourth-order valence-electron chi connectivity index (χ4n) is 2.73. The lowest BCUT2D eigenvalue weighted by molar-refractivity contribution is 0.110. The summed E-state index contributed by atoms with van der Waals surface area (Å²) in [5.41, 5.74) is 2.62. The minimum atomic E-state index is -0.131. The molecule has 3 rings (SSSR count). The number of thioether (sulfide) groups is 1. The van der Waals surface area contributed by atoms with E-state index < -0.39 is 0 Å². The van der Waals surface area contributed by atoms with Crippen molar-refractivity contribution in [2.75, 3.05) is 11.5 Å². The zero-order valence-electron chi connectivity index (χ0n) is 10.1. The molecule has 2 heterocycles. The van der Waals surface area contributed by atoms with Crippen molar-refractivity contribution in [3.05, 3.63) is 29.3 Å². The summed E-state index contributed by atoms with van der Waals surface area (Å²) in [5, 5.41) is 9.83. The molecule has 92 valence electrons. The topological polar surface area (TPSA) is 29.5 Å². The molecular formula is C14H18O2S. The van der Waals surface area contributed by atoms with Crippen LogP contribution in [0.5, 0.6) is 5.75 Å². The van der Waals surface area contributed by atoms with Crippen molar-refractivity contribution in [3.8, 4) is 5.75 Å². The van der Waals surface area contributed by atoms with Crippen LogP contribution < -0.4 is 4.74 Å². The molecule has 17 heavy (non-hydrogen) atoms. The molecule has 2 aliphatic rings. The van der Waals surface area contributed by atoms with E-state index in [1.54, 1.807) is 0 Å². The molecule has 3 atom stereocenters. The molecule has 0 saturated carbocycles. The Labute approximate surface area is 106 Å². The van der Waals surface area contributed by atoms with Crippen molar-refractivity contribution in [1.29, 1.82) is 0 Å². The van der Waals surface area contributed by atoms with Crippen molar-refractivity contribution in [1.82, 2.24) is 0 Å². The molecular weight excluding hydrogens is 232 g/mol. The number of benzene rings is 1. The van der Waals surface area contributed by atoms with Gasteiger partial charge in [-0.25, -0.2) is 0 Å². The van der Waals surface area contributed by atoms with Crippen LogP contribution in [-0.4, -0.2) is 28.8 Å². The zero-order chi connectivity index (χ0) is 11.8. The molecule has 0 bridgehead atoms. The number of aryl methyl sites for hydroxylation is 1. The zero-order valence-corrected chi connectivity index (χ0v) is 10.9. The second-order valence-electron chi connectivity index (χ2n) is 5.16. The van der Waals surface area contributed by atoms with E-state index in [1.807, 2.05) is 11.8 Å². The lowest BCUT2D eigenvalue weighted by Gasteiger charge is -2.18. The summed E-state index contributed by atoms with van der Waals surface area (Å²) in [7, 11) is 0. The van der Waals surface area contributed by atoms with E-state index in [0.29, 0.717) is 5.92 Å². The molecule has 3 unspecified atom stereocenters. The van der Waals surface area contributed by atoms with Gasteiger partial charge in [-0.3, -0.25) is 0 Å². The number of aliphatic hydroxyl groups is 1. The van der Waals surface area contributed by atoms with E-state index in [4.69, 9.17) is 4.74 Å². The first-order valence-electron chi connectivity index (χ1n) is 6.24. The number of hydrogen-bond donors (Lipinski definition) is 1. The van der Waals surface area contributed by atoms with Crippen LogP contribution in [0.15, 0.2) is 18.2 Å². The van der Waals surface area contributed by atoms with E-state index >= 15 is 0 Å². The lowest BCUT2D eigenvalue weighted by atomic mass is 9.96. The van der Waals surface area contributed by atoms with Crippen LogP contribution in [0.3, 0.4) is 0 Å². The highest BCUT2D eigenvalue weighted by Crippen LogP contribution is 2.35. The highest BCUT2D eigenvalue weighted by Gasteiger charge is 2.32. The fourth-order valence-corrected chi connectivity index (χ4v) is 4.04. The molecule has 2 nitrogen and oxygen atoms in total. The average Bonchev–Trinajstić information content (AvgIpc) is 2.85. The number of ether oxygens (including phenoxy) is 1. The molecule has 3 heteroatoms. The van der Waals surface area contributed by atoms with Gasteiger partial charge in [0.05, 0.1) is 6.10 Å². The Bertz CT molecular complexity index is 419. The second kappa shape index (κ2) is 4.54. The molecule has 0 amide bonds. The van der Waals surface area contributed by atoms with E-state index in [2.05, 4.69) is 25.1 Å². The molecule has 0 radical (unpaired) electrons. The van der Waals surface area contributed by atoms with E-state index in [0.717, 1.165) is 30.1 Å². The summed E-state index contributed by atoms with van der Waals surface area (Å²) in [6.45, 7) is 2.12. The van der Waals surface area contributed by atoms with Crippen LogP contribution in [0.25, 0.3) is 0 Å². The predicted molar refractivity (Wildman–Crippen MR) is 70.7 cm³/mol. The van der Waals surface area contributed by atoms with Crippen LogP contribution >= 0.6 is 11.8 Å². The monoisotopic (exact) mass is 250 g/mol. The van der Waals surface area contributed by atoms with Gasteiger partial charge in [0.2, 0.25) is 0 Å². The van der Waals surface area contributed by atoms with Crippen LogP contribution in [0, 0.1) is 12.8 Å². The number of fused-ring (bicyclic) bond motifs is 1. The number of rotatable bonds is 2. The largest absolute Gasteiger partial charge is 0.490 e. The van der Waals surface area contributed by atoms with Crippen molar-refractivity contribution >= 4 is 11.8 Å². The summed E-state index contributed by atoms with van der Waals surface area (Å²) < 4.78 is 5.95. The molecule has 1 N–H and O–H groups in total. The molecule has 1 aromatic carbocycles. The van der Waals surface area contributed by atoms with Crippen LogP contribution in [-0.2, 0) is 6.42 Å². The normalized spacial score (nSPS) is 31.3. The van der Waals surface area contributed by atoms with Gasteiger partial charge in [0.1, 0.15) is 11.9 Å². The number of hydrogen-bond acceptors (Lipinski definition) is 3. The summed E-state index contributed by atoms with van der Waals surface area (Å²) in [4.78, 5) is 0. The van der Waals surface area contributed by atoms with Gasteiger partial charge >= 0.3 is 0 Å². The van der Waals surface area contributed by atoms with Crippen molar-refractivity contribution < 1.29 is 9.84 Å². The van der Waals surface area contributed by atoms with Crippen LogP contribution in [0.2, 0.25) is 0 Å². The molecule has 1 fully saturated rings. The van der Waals surface area contributed by atoms with Gasteiger partial charge in [-0.15, -0.1) is 0 Å². The minimum absolute atomic E-state index is 0.131.